The molecule has 0 atom stereocenters. The Morgan fingerprint density at radius 3 is 2.70 bits per heavy atom. The summed E-state index contributed by atoms with van der Waals surface area (Å²) >= 11 is 0. The van der Waals surface area contributed by atoms with Gasteiger partial charge in [0.2, 0.25) is 5.91 Å². The molecule has 1 fully saturated rings. The third-order valence-electron chi connectivity index (χ3n) is 4.86. The van der Waals surface area contributed by atoms with Crippen molar-refractivity contribution >= 4 is 41.5 Å². The van der Waals surface area contributed by atoms with Crippen molar-refractivity contribution in [1.29, 1.82) is 0 Å². The molecule has 0 spiro atoms. The lowest BCUT2D eigenvalue weighted by Crippen LogP contribution is -2.55. The molecule has 2 aromatic heterocycles. The third-order valence-corrected chi connectivity index (χ3v) is 4.86. The first kappa shape index (κ1) is 21.8. The minimum atomic E-state index is 0. The van der Waals surface area contributed by atoms with Crippen LogP contribution in [-0.2, 0) is 18.4 Å². The van der Waals surface area contributed by atoms with Crippen molar-refractivity contribution in [3.8, 4) is 11.3 Å². The van der Waals surface area contributed by atoms with E-state index in [2.05, 4.69) is 25.4 Å². The molecule has 0 aliphatic carbocycles. The van der Waals surface area contributed by atoms with Crippen LogP contribution in [0.4, 0.5) is 5.69 Å². The summed E-state index contributed by atoms with van der Waals surface area (Å²) in [4.78, 5) is 28.4. The van der Waals surface area contributed by atoms with Gasteiger partial charge in [-0.3, -0.25) is 14.5 Å². The molecule has 10 heteroatoms. The van der Waals surface area contributed by atoms with E-state index in [4.69, 9.17) is 0 Å². The second kappa shape index (κ2) is 9.74. The van der Waals surface area contributed by atoms with Crippen molar-refractivity contribution in [3.63, 3.8) is 0 Å². The lowest BCUT2D eigenvalue weighted by atomic mass is 10.2. The Hall–Kier alpha value is -2.89. The van der Waals surface area contributed by atoms with Gasteiger partial charge in [0.1, 0.15) is 12.4 Å². The number of guanidine groups is 1. The Kier molecular flexibility index (Phi) is 7.08. The number of piperazine rings is 1. The van der Waals surface area contributed by atoms with Crippen molar-refractivity contribution in [2.75, 3.05) is 31.6 Å². The molecule has 4 rings (SSSR count). The van der Waals surface area contributed by atoms with E-state index in [1.807, 2.05) is 54.7 Å². The van der Waals surface area contributed by atoms with Gasteiger partial charge in [0.25, 0.3) is 0 Å². The van der Waals surface area contributed by atoms with Crippen LogP contribution < -0.4 is 10.2 Å². The number of nitrogens with zero attached hydrogens (tertiary/aromatic N) is 6. The summed E-state index contributed by atoms with van der Waals surface area (Å²) < 4.78 is 1.70. The quantitative estimate of drug-likeness (QED) is 0.311. The van der Waals surface area contributed by atoms with E-state index in [1.54, 1.807) is 22.8 Å². The summed E-state index contributed by atoms with van der Waals surface area (Å²) in [5.41, 5.74) is 2.88. The fraction of sp³-hybridized carbons (Fsp3) is 0.300. The number of nitrogens with one attached hydrogen (secondary N) is 2. The van der Waals surface area contributed by atoms with E-state index in [0.717, 1.165) is 22.8 Å². The Labute approximate surface area is 192 Å². The number of amides is 1. The molecule has 1 aromatic carbocycles. The van der Waals surface area contributed by atoms with Gasteiger partial charge in [0, 0.05) is 33.4 Å². The van der Waals surface area contributed by atoms with E-state index < -0.39 is 0 Å². The fourth-order valence-electron chi connectivity index (χ4n) is 3.39. The number of carbonyl (C=O) groups excluding carboxylic acids is 1. The molecule has 9 nitrogen and oxygen atoms in total. The number of aromatic nitrogens is 4. The van der Waals surface area contributed by atoms with E-state index in [9.17, 15) is 4.79 Å². The van der Waals surface area contributed by atoms with Crippen LogP contribution in [0.3, 0.4) is 0 Å². The minimum absolute atomic E-state index is 0. The normalized spacial score (nSPS) is 14.6. The molecular weight excluding hydrogens is 495 g/mol. The Morgan fingerprint density at radius 1 is 1.23 bits per heavy atom. The summed E-state index contributed by atoms with van der Waals surface area (Å²) in [6.45, 7) is 2.04. The van der Waals surface area contributed by atoms with Crippen LogP contribution in [-0.4, -0.2) is 63.2 Å². The predicted molar refractivity (Wildman–Crippen MR) is 127 cm³/mol. The molecule has 0 unspecified atom stereocenters. The summed E-state index contributed by atoms with van der Waals surface area (Å²) in [5, 5.41) is 7.44. The van der Waals surface area contributed by atoms with E-state index in [1.165, 1.54) is 0 Å². The number of hydrogen-bond donors (Lipinski definition) is 2. The van der Waals surface area contributed by atoms with Crippen molar-refractivity contribution in [2.45, 2.75) is 6.54 Å². The molecule has 1 saturated heterocycles. The molecule has 3 heterocycles. The van der Waals surface area contributed by atoms with Gasteiger partial charge in [0.05, 0.1) is 30.3 Å². The van der Waals surface area contributed by atoms with Crippen LogP contribution >= 0.6 is 24.0 Å². The molecule has 0 saturated carbocycles. The minimum Gasteiger partial charge on any atom is -0.349 e. The number of imidazole rings is 1. The second-order valence-electron chi connectivity index (χ2n) is 6.85. The molecule has 0 radical (unpaired) electrons. The zero-order valence-corrected chi connectivity index (χ0v) is 19.3. The van der Waals surface area contributed by atoms with E-state index >= 15 is 0 Å². The average Bonchev–Trinajstić information content (AvgIpc) is 3.38. The number of halogens is 1. The average molecular weight is 520 g/mol. The Balaban J connectivity index is 0.00000256. The maximum Gasteiger partial charge on any atom is 0.246 e. The molecule has 2 N–H and O–H groups in total. The van der Waals surface area contributed by atoms with Crippen molar-refractivity contribution in [2.24, 2.45) is 12.0 Å². The zero-order valence-electron chi connectivity index (χ0n) is 16.9. The second-order valence-corrected chi connectivity index (χ2v) is 6.85. The molecule has 158 valence electrons. The lowest BCUT2D eigenvalue weighted by Gasteiger charge is -2.35. The molecular formula is C20H25IN8O. The highest BCUT2D eigenvalue weighted by atomic mass is 127. The number of aromatic amines is 1. The van der Waals surface area contributed by atoms with Crippen LogP contribution in [0, 0.1) is 0 Å². The highest BCUT2D eigenvalue weighted by Gasteiger charge is 2.27. The standard InChI is InChI=1S/C20H24N8O.HI/c1-21-20(23-12-18-22-11-17(25-18)15-6-4-3-5-7-15)27-8-9-28(19(29)14-27)16-10-24-26(2)13-16;/h3-7,10-11,13H,8-9,12,14H2,1-2H3,(H,21,23)(H,22,25);1H. The van der Waals surface area contributed by atoms with Gasteiger partial charge in [-0.25, -0.2) is 4.98 Å². The van der Waals surface area contributed by atoms with Crippen molar-refractivity contribution in [1.82, 2.24) is 30.0 Å². The van der Waals surface area contributed by atoms with Crippen LogP contribution in [0.2, 0.25) is 0 Å². The maximum absolute atomic E-state index is 12.6. The third kappa shape index (κ3) is 4.81. The number of rotatable bonds is 4. The first-order valence-corrected chi connectivity index (χ1v) is 9.48. The van der Waals surface area contributed by atoms with Crippen molar-refractivity contribution in [3.05, 3.63) is 54.7 Å². The SMILES string of the molecule is CN=C(NCc1ncc(-c2ccccc2)[nH]1)N1CCN(c2cnn(C)c2)C(=O)C1.I. The number of aryl methyl sites for hydroxylation is 1. The number of carbonyl (C=O) groups is 1. The number of anilines is 1. The summed E-state index contributed by atoms with van der Waals surface area (Å²) in [7, 11) is 3.56. The number of aliphatic imine (C=N–C) groups is 1. The van der Waals surface area contributed by atoms with Gasteiger partial charge in [-0.2, -0.15) is 5.10 Å². The number of H-pyrrole nitrogens is 1. The lowest BCUT2D eigenvalue weighted by molar-refractivity contribution is -0.120. The van der Waals surface area contributed by atoms with Gasteiger partial charge >= 0.3 is 0 Å². The van der Waals surface area contributed by atoms with Gasteiger partial charge < -0.3 is 20.1 Å². The Bertz CT molecular complexity index is 1010. The number of hydrogen-bond acceptors (Lipinski definition) is 4. The number of benzene rings is 1. The fourth-order valence-corrected chi connectivity index (χ4v) is 3.39. The van der Waals surface area contributed by atoms with Crippen molar-refractivity contribution < 1.29 is 4.79 Å². The van der Waals surface area contributed by atoms with Gasteiger partial charge in [-0.1, -0.05) is 30.3 Å². The van der Waals surface area contributed by atoms with Gasteiger partial charge in [-0.05, 0) is 5.56 Å². The molecule has 1 aliphatic rings. The molecule has 0 bridgehead atoms. The first-order chi connectivity index (χ1) is 14.1. The monoisotopic (exact) mass is 520 g/mol. The highest BCUT2D eigenvalue weighted by molar-refractivity contribution is 14.0. The smallest absolute Gasteiger partial charge is 0.246 e. The van der Waals surface area contributed by atoms with Crippen LogP contribution in [0.25, 0.3) is 11.3 Å². The van der Waals surface area contributed by atoms with E-state index in [0.29, 0.717) is 25.6 Å². The topological polar surface area (TPSA) is 94.4 Å². The maximum atomic E-state index is 12.6. The van der Waals surface area contributed by atoms with Crippen LogP contribution in [0.15, 0.2) is 53.9 Å². The van der Waals surface area contributed by atoms with E-state index in [-0.39, 0.29) is 36.4 Å². The summed E-state index contributed by atoms with van der Waals surface area (Å²) in [6.07, 6.45) is 5.38. The molecule has 3 aromatic rings. The van der Waals surface area contributed by atoms with Gasteiger partial charge in [0.15, 0.2) is 5.96 Å². The predicted octanol–water partition coefficient (Wildman–Crippen LogP) is 1.85. The highest BCUT2D eigenvalue weighted by Crippen LogP contribution is 2.17. The molecule has 1 amide bonds. The molecule has 30 heavy (non-hydrogen) atoms. The summed E-state index contributed by atoms with van der Waals surface area (Å²) in [5.74, 6) is 1.52. The molecule has 1 aliphatic heterocycles. The van der Waals surface area contributed by atoms with Crippen LogP contribution in [0.5, 0.6) is 0 Å². The first-order valence-electron chi connectivity index (χ1n) is 9.48. The summed E-state index contributed by atoms with van der Waals surface area (Å²) in [6, 6.07) is 10.1. The Morgan fingerprint density at radius 2 is 2.03 bits per heavy atom. The van der Waals surface area contributed by atoms with Gasteiger partial charge in [-0.15, -0.1) is 24.0 Å². The van der Waals surface area contributed by atoms with Crippen LogP contribution in [0.1, 0.15) is 5.82 Å². The zero-order chi connectivity index (χ0) is 20.2. The largest absolute Gasteiger partial charge is 0.349 e.